The van der Waals surface area contributed by atoms with E-state index in [0.29, 0.717) is 11.3 Å². The van der Waals surface area contributed by atoms with Crippen molar-refractivity contribution in [3.63, 3.8) is 0 Å². The summed E-state index contributed by atoms with van der Waals surface area (Å²) in [5.41, 5.74) is 1.22. The van der Waals surface area contributed by atoms with Gasteiger partial charge in [-0.3, -0.25) is 0 Å². The number of rotatable bonds is 5. The monoisotopic (exact) mass is 248 g/mol. The molecular weight excluding hydrogens is 228 g/mol. The predicted molar refractivity (Wildman–Crippen MR) is 76.8 cm³/mol. The van der Waals surface area contributed by atoms with Crippen LogP contribution in [0.2, 0.25) is 0 Å². The molecule has 2 unspecified atom stereocenters. The summed E-state index contributed by atoms with van der Waals surface area (Å²) in [6, 6.07) is 11.2. The average Bonchev–Trinajstić information content (AvgIpc) is 2.72. The van der Waals surface area contributed by atoms with E-state index in [-0.39, 0.29) is 0 Å². The summed E-state index contributed by atoms with van der Waals surface area (Å²) in [4.78, 5) is 3.46. The van der Waals surface area contributed by atoms with Crippen LogP contribution in [-0.2, 0) is 0 Å². The van der Waals surface area contributed by atoms with E-state index >= 15 is 0 Å². The molecular formula is C14H20N2S. The van der Waals surface area contributed by atoms with Gasteiger partial charge in [0, 0.05) is 22.2 Å². The van der Waals surface area contributed by atoms with Crippen molar-refractivity contribution in [1.82, 2.24) is 10.3 Å². The van der Waals surface area contributed by atoms with E-state index in [1.165, 1.54) is 15.9 Å². The van der Waals surface area contributed by atoms with Gasteiger partial charge in [-0.2, -0.15) is 0 Å². The molecule has 0 radical (unpaired) electrons. The van der Waals surface area contributed by atoms with Crippen molar-refractivity contribution < 1.29 is 0 Å². The number of nitrogens with one attached hydrogen (secondary N) is 2. The molecule has 0 amide bonds. The Balaban J connectivity index is 2.12. The van der Waals surface area contributed by atoms with Crippen LogP contribution in [0.25, 0.3) is 10.9 Å². The largest absolute Gasteiger partial charge is 0.350 e. The first-order valence-electron chi connectivity index (χ1n) is 6.16. The Bertz CT molecular complexity index is 441. The Morgan fingerprint density at radius 3 is 2.76 bits per heavy atom. The molecule has 0 aliphatic heterocycles. The maximum atomic E-state index is 3.46. The summed E-state index contributed by atoms with van der Waals surface area (Å²) in [5, 5.41) is 6.49. The first-order chi connectivity index (χ1) is 8.24. The molecule has 17 heavy (non-hydrogen) atoms. The van der Waals surface area contributed by atoms with Gasteiger partial charge < -0.3 is 10.3 Å². The molecule has 0 fully saturated rings. The maximum absolute atomic E-state index is 3.46. The third-order valence-corrected chi connectivity index (χ3v) is 4.37. The third-order valence-electron chi connectivity index (χ3n) is 3.20. The van der Waals surface area contributed by atoms with Crippen LogP contribution in [0.3, 0.4) is 0 Å². The van der Waals surface area contributed by atoms with Crippen LogP contribution < -0.4 is 5.32 Å². The molecule has 2 atom stereocenters. The molecule has 0 aliphatic rings. The fourth-order valence-electron chi connectivity index (χ4n) is 2.16. The number of hydrogen-bond acceptors (Lipinski definition) is 2. The normalized spacial score (nSPS) is 15.0. The number of H-pyrrole nitrogens is 1. The summed E-state index contributed by atoms with van der Waals surface area (Å²) in [6.07, 6.45) is 1.16. The smallest absolute Gasteiger partial charge is 0.0735 e. The van der Waals surface area contributed by atoms with Crippen LogP contribution in [0.4, 0.5) is 0 Å². The molecule has 92 valence electrons. The van der Waals surface area contributed by atoms with Gasteiger partial charge in [0.1, 0.15) is 0 Å². The zero-order chi connectivity index (χ0) is 12.3. The third kappa shape index (κ3) is 2.85. The highest BCUT2D eigenvalue weighted by molar-refractivity contribution is 7.99. The van der Waals surface area contributed by atoms with Crippen molar-refractivity contribution >= 4 is 22.7 Å². The molecule has 1 aromatic heterocycles. The number of aromatic amines is 1. The summed E-state index contributed by atoms with van der Waals surface area (Å²) in [7, 11) is 2.04. The fourth-order valence-corrected chi connectivity index (χ4v) is 3.42. The van der Waals surface area contributed by atoms with Crippen LogP contribution in [0.5, 0.6) is 0 Å². The molecule has 0 aliphatic carbocycles. The number of benzene rings is 1. The van der Waals surface area contributed by atoms with Crippen LogP contribution in [0, 0.1) is 0 Å². The second-order valence-corrected chi connectivity index (χ2v) is 5.77. The topological polar surface area (TPSA) is 27.8 Å². The first-order valence-corrected chi connectivity index (χ1v) is 7.04. The summed E-state index contributed by atoms with van der Waals surface area (Å²) in [5.74, 6) is 0. The Hall–Kier alpha value is -0.930. The number of hydrogen-bond donors (Lipinski definition) is 2. The van der Waals surface area contributed by atoms with Crippen LogP contribution >= 0.6 is 11.8 Å². The average molecular weight is 248 g/mol. The van der Waals surface area contributed by atoms with E-state index < -0.39 is 0 Å². The highest BCUT2D eigenvalue weighted by atomic mass is 32.2. The Morgan fingerprint density at radius 2 is 2.12 bits per heavy atom. The van der Waals surface area contributed by atoms with Crippen molar-refractivity contribution in [1.29, 1.82) is 0 Å². The van der Waals surface area contributed by atoms with E-state index in [0.717, 1.165) is 6.42 Å². The van der Waals surface area contributed by atoms with Gasteiger partial charge in [0.05, 0.1) is 5.03 Å². The van der Waals surface area contributed by atoms with Gasteiger partial charge in [-0.25, -0.2) is 0 Å². The highest BCUT2D eigenvalue weighted by Crippen LogP contribution is 2.28. The lowest BCUT2D eigenvalue weighted by Gasteiger charge is -2.20. The molecule has 1 heterocycles. The molecule has 0 saturated carbocycles. The van der Waals surface area contributed by atoms with Gasteiger partial charge in [-0.15, -0.1) is 11.8 Å². The van der Waals surface area contributed by atoms with Gasteiger partial charge >= 0.3 is 0 Å². The number of para-hydroxylation sites is 1. The summed E-state index contributed by atoms with van der Waals surface area (Å²) in [6.45, 7) is 4.50. The molecule has 0 saturated heterocycles. The maximum Gasteiger partial charge on any atom is 0.0735 e. The van der Waals surface area contributed by atoms with Gasteiger partial charge in [-0.05, 0) is 25.6 Å². The van der Waals surface area contributed by atoms with Crippen LogP contribution in [0.1, 0.15) is 20.3 Å². The van der Waals surface area contributed by atoms with Gasteiger partial charge in [0.2, 0.25) is 0 Å². The Morgan fingerprint density at radius 1 is 1.35 bits per heavy atom. The lowest BCUT2D eigenvalue weighted by atomic mass is 10.2. The van der Waals surface area contributed by atoms with Crippen LogP contribution in [0.15, 0.2) is 35.4 Å². The fraction of sp³-hybridized carbons (Fsp3) is 0.429. The van der Waals surface area contributed by atoms with E-state index in [2.05, 4.69) is 54.5 Å². The summed E-state index contributed by atoms with van der Waals surface area (Å²) >= 11 is 1.91. The first kappa shape index (κ1) is 12.5. The van der Waals surface area contributed by atoms with E-state index in [9.17, 15) is 0 Å². The minimum Gasteiger partial charge on any atom is -0.350 e. The highest BCUT2D eigenvalue weighted by Gasteiger charge is 2.15. The molecule has 2 rings (SSSR count). The van der Waals surface area contributed by atoms with Crippen molar-refractivity contribution in [2.75, 3.05) is 7.05 Å². The van der Waals surface area contributed by atoms with E-state index in [1.54, 1.807) is 0 Å². The predicted octanol–water partition coefficient (Wildman–Crippen LogP) is 3.65. The SMILES string of the molecule is CCC(NC)C(C)Sc1cc2ccccc2[nH]1. The van der Waals surface area contributed by atoms with E-state index in [1.807, 2.05) is 18.8 Å². The summed E-state index contributed by atoms with van der Waals surface area (Å²) < 4.78 is 0. The number of aromatic nitrogens is 1. The standard InChI is InChI=1S/C14H20N2S/c1-4-12(15-3)10(2)17-14-9-11-7-5-6-8-13(11)16-14/h5-10,12,15-16H,4H2,1-3H3. The minimum absolute atomic E-state index is 0.561. The van der Waals surface area contributed by atoms with Crippen molar-refractivity contribution in [2.24, 2.45) is 0 Å². The quantitative estimate of drug-likeness (QED) is 0.791. The van der Waals surface area contributed by atoms with Gasteiger partial charge in [0.15, 0.2) is 0 Å². The van der Waals surface area contributed by atoms with Gasteiger partial charge in [0.25, 0.3) is 0 Å². The van der Waals surface area contributed by atoms with E-state index in [4.69, 9.17) is 0 Å². The molecule has 3 heteroatoms. The Kier molecular flexibility index (Phi) is 4.13. The van der Waals surface area contributed by atoms with Crippen molar-refractivity contribution in [3.05, 3.63) is 30.3 Å². The van der Waals surface area contributed by atoms with Crippen LogP contribution in [-0.4, -0.2) is 23.3 Å². The molecule has 1 aromatic carbocycles. The molecule has 0 spiro atoms. The number of thioether (sulfide) groups is 1. The molecule has 2 N–H and O–H groups in total. The second-order valence-electron chi connectivity index (χ2n) is 4.35. The minimum atomic E-state index is 0.561. The zero-order valence-corrected chi connectivity index (χ0v) is 11.5. The van der Waals surface area contributed by atoms with Crippen molar-refractivity contribution in [3.8, 4) is 0 Å². The lowest BCUT2D eigenvalue weighted by Crippen LogP contribution is -2.33. The number of fused-ring (bicyclic) bond motifs is 1. The zero-order valence-electron chi connectivity index (χ0n) is 10.7. The molecule has 2 aromatic rings. The lowest BCUT2D eigenvalue weighted by molar-refractivity contribution is 0.541. The molecule has 0 bridgehead atoms. The molecule has 2 nitrogen and oxygen atoms in total. The van der Waals surface area contributed by atoms with Gasteiger partial charge in [-0.1, -0.05) is 32.0 Å². The second kappa shape index (κ2) is 5.61. The van der Waals surface area contributed by atoms with Crippen molar-refractivity contribution in [2.45, 2.75) is 36.6 Å². The Labute approximate surface area is 107 Å².